The maximum Gasteiger partial charge on any atom is 0.251 e. The second-order valence-corrected chi connectivity index (χ2v) is 6.06. The van der Waals surface area contributed by atoms with Crippen LogP contribution < -0.4 is 10.6 Å². The van der Waals surface area contributed by atoms with Crippen LogP contribution in [0.4, 0.5) is 0 Å². The van der Waals surface area contributed by atoms with E-state index in [2.05, 4.69) is 10.6 Å². The first kappa shape index (κ1) is 18.0. The van der Waals surface area contributed by atoms with Gasteiger partial charge < -0.3 is 15.5 Å². The van der Waals surface area contributed by atoms with E-state index in [-0.39, 0.29) is 24.1 Å². The number of nitrogens with one attached hydrogen (secondary N) is 2. The van der Waals surface area contributed by atoms with E-state index < -0.39 is 0 Å². The van der Waals surface area contributed by atoms with Gasteiger partial charge in [-0.15, -0.1) is 0 Å². The van der Waals surface area contributed by atoms with Gasteiger partial charge in [0.25, 0.3) is 5.91 Å². The molecule has 0 aliphatic carbocycles. The number of hydrogen-bond donors (Lipinski definition) is 2. The number of aryl methyl sites for hydroxylation is 1. The smallest absolute Gasteiger partial charge is 0.251 e. The topological polar surface area (TPSA) is 78.5 Å². The predicted molar refractivity (Wildman–Crippen MR) is 91.6 cm³/mol. The lowest BCUT2D eigenvalue weighted by Crippen LogP contribution is -2.33. The summed E-state index contributed by atoms with van der Waals surface area (Å²) in [5.74, 6) is -0.0495. The van der Waals surface area contributed by atoms with Gasteiger partial charge in [0, 0.05) is 44.6 Å². The fraction of sp³-hybridized carbons (Fsp3) is 0.500. The van der Waals surface area contributed by atoms with Crippen LogP contribution in [-0.4, -0.2) is 48.8 Å². The maximum atomic E-state index is 11.9. The summed E-state index contributed by atoms with van der Waals surface area (Å²) in [7, 11) is 0. The molecule has 1 aliphatic rings. The minimum atomic E-state index is -0.168. The molecule has 0 unspecified atom stereocenters. The van der Waals surface area contributed by atoms with E-state index in [1.807, 2.05) is 30.0 Å². The summed E-state index contributed by atoms with van der Waals surface area (Å²) in [6.07, 6.45) is 2.59. The molecule has 24 heavy (non-hydrogen) atoms. The SMILES string of the molecule is Cc1cccc(C(=O)NCCC(=O)NCCCN2CCCC2=O)c1. The van der Waals surface area contributed by atoms with Crippen LogP contribution in [0.1, 0.15) is 41.6 Å². The molecule has 1 aromatic carbocycles. The molecule has 0 bridgehead atoms. The van der Waals surface area contributed by atoms with Crippen LogP contribution in [0.15, 0.2) is 24.3 Å². The third kappa shape index (κ3) is 5.68. The lowest BCUT2D eigenvalue weighted by atomic mass is 10.1. The van der Waals surface area contributed by atoms with Crippen molar-refractivity contribution in [2.24, 2.45) is 0 Å². The lowest BCUT2D eigenvalue weighted by Gasteiger charge is -2.15. The summed E-state index contributed by atoms with van der Waals surface area (Å²) in [5.41, 5.74) is 1.63. The summed E-state index contributed by atoms with van der Waals surface area (Å²) < 4.78 is 0. The number of amides is 3. The van der Waals surface area contributed by atoms with Crippen molar-refractivity contribution in [3.05, 3.63) is 35.4 Å². The Kier molecular flexibility index (Phi) is 6.78. The number of carbonyl (C=O) groups is 3. The van der Waals surface area contributed by atoms with Crippen LogP contribution in [0.3, 0.4) is 0 Å². The molecule has 0 saturated carbocycles. The Morgan fingerprint density at radius 2 is 2.04 bits per heavy atom. The molecule has 0 radical (unpaired) electrons. The van der Waals surface area contributed by atoms with Crippen molar-refractivity contribution in [1.82, 2.24) is 15.5 Å². The highest BCUT2D eigenvalue weighted by Crippen LogP contribution is 2.09. The second kappa shape index (κ2) is 9.05. The number of rotatable bonds is 8. The van der Waals surface area contributed by atoms with Crippen molar-refractivity contribution < 1.29 is 14.4 Å². The molecule has 1 aromatic rings. The van der Waals surface area contributed by atoms with E-state index in [1.165, 1.54) is 0 Å². The molecule has 1 fully saturated rings. The molecule has 130 valence electrons. The Balaban J connectivity index is 1.56. The zero-order valence-corrected chi connectivity index (χ0v) is 14.1. The summed E-state index contributed by atoms with van der Waals surface area (Å²) in [6.45, 7) is 4.32. The summed E-state index contributed by atoms with van der Waals surface area (Å²) in [5, 5.41) is 5.56. The van der Waals surface area contributed by atoms with Crippen molar-refractivity contribution in [2.45, 2.75) is 32.6 Å². The molecular weight excluding hydrogens is 306 g/mol. The van der Waals surface area contributed by atoms with Gasteiger partial charge in [0.15, 0.2) is 0 Å². The Labute approximate surface area is 142 Å². The van der Waals surface area contributed by atoms with Crippen LogP contribution in [-0.2, 0) is 9.59 Å². The van der Waals surface area contributed by atoms with E-state index in [0.29, 0.717) is 31.6 Å². The van der Waals surface area contributed by atoms with Gasteiger partial charge in [-0.25, -0.2) is 0 Å². The van der Waals surface area contributed by atoms with Crippen molar-refractivity contribution >= 4 is 17.7 Å². The van der Waals surface area contributed by atoms with E-state index in [9.17, 15) is 14.4 Å². The van der Waals surface area contributed by atoms with Gasteiger partial charge in [-0.3, -0.25) is 14.4 Å². The van der Waals surface area contributed by atoms with Crippen LogP contribution in [0, 0.1) is 6.92 Å². The third-order valence-electron chi connectivity index (χ3n) is 4.02. The van der Waals surface area contributed by atoms with Crippen molar-refractivity contribution in [2.75, 3.05) is 26.2 Å². The molecule has 6 nitrogen and oxygen atoms in total. The normalized spacial score (nSPS) is 13.9. The van der Waals surface area contributed by atoms with Gasteiger partial charge in [0.2, 0.25) is 11.8 Å². The Hall–Kier alpha value is -2.37. The monoisotopic (exact) mass is 331 g/mol. The van der Waals surface area contributed by atoms with Crippen molar-refractivity contribution in [3.63, 3.8) is 0 Å². The van der Waals surface area contributed by atoms with Crippen LogP contribution >= 0.6 is 0 Å². The number of nitrogens with zero attached hydrogens (tertiary/aromatic N) is 1. The Morgan fingerprint density at radius 1 is 1.21 bits per heavy atom. The molecule has 0 aromatic heterocycles. The largest absolute Gasteiger partial charge is 0.356 e. The zero-order chi connectivity index (χ0) is 17.4. The molecule has 0 atom stereocenters. The molecule has 2 rings (SSSR count). The summed E-state index contributed by atoms with van der Waals surface area (Å²) in [4.78, 5) is 37.0. The van der Waals surface area contributed by atoms with E-state index in [0.717, 1.165) is 24.9 Å². The molecule has 0 spiro atoms. The minimum Gasteiger partial charge on any atom is -0.356 e. The molecule has 1 saturated heterocycles. The Morgan fingerprint density at radius 3 is 2.75 bits per heavy atom. The van der Waals surface area contributed by atoms with Crippen LogP contribution in [0.5, 0.6) is 0 Å². The third-order valence-corrected chi connectivity index (χ3v) is 4.02. The van der Waals surface area contributed by atoms with Crippen molar-refractivity contribution in [1.29, 1.82) is 0 Å². The number of hydrogen-bond acceptors (Lipinski definition) is 3. The number of likely N-dealkylation sites (tertiary alicyclic amines) is 1. The van der Waals surface area contributed by atoms with Gasteiger partial charge in [-0.2, -0.15) is 0 Å². The van der Waals surface area contributed by atoms with Crippen LogP contribution in [0.25, 0.3) is 0 Å². The Bertz CT molecular complexity index is 601. The van der Waals surface area contributed by atoms with Gasteiger partial charge in [-0.05, 0) is 31.9 Å². The van der Waals surface area contributed by atoms with E-state index in [1.54, 1.807) is 6.07 Å². The standard InChI is InChI=1S/C18H25N3O3/c1-14-5-2-6-15(13-14)18(24)20-10-8-16(22)19-9-4-12-21-11-3-7-17(21)23/h2,5-6,13H,3-4,7-12H2,1H3,(H,19,22)(H,20,24). The average Bonchev–Trinajstić information content (AvgIpc) is 2.96. The number of carbonyl (C=O) groups excluding carboxylic acids is 3. The molecule has 6 heteroatoms. The summed E-state index contributed by atoms with van der Waals surface area (Å²) >= 11 is 0. The molecular formula is C18H25N3O3. The van der Waals surface area contributed by atoms with Gasteiger partial charge in [0.1, 0.15) is 0 Å². The predicted octanol–water partition coefficient (Wildman–Crippen LogP) is 1.24. The molecule has 2 N–H and O–H groups in total. The fourth-order valence-corrected chi connectivity index (χ4v) is 2.70. The first-order valence-corrected chi connectivity index (χ1v) is 8.45. The van der Waals surface area contributed by atoms with Gasteiger partial charge in [-0.1, -0.05) is 17.7 Å². The molecule has 3 amide bonds. The van der Waals surface area contributed by atoms with E-state index in [4.69, 9.17) is 0 Å². The summed E-state index contributed by atoms with van der Waals surface area (Å²) in [6, 6.07) is 7.33. The molecule has 1 aliphatic heterocycles. The maximum absolute atomic E-state index is 11.9. The van der Waals surface area contributed by atoms with E-state index >= 15 is 0 Å². The molecule has 1 heterocycles. The number of benzene rings is 1. The second-order valence-electron chi connectivity index (χ2n) is 6.06. The van der Waals surface area contributed by atoms with Crippen molar-refractivity contribution in [3.8, 4) is 0 Å². The lowest BCUT2D eigenvalue weighted by molar-refractivity contribution is -0.127. The highest BCUT2D eigenvalue weighted by atomic mass is 16.2. The van der Waals surface area contributed by atoms with Gasteiger partial charge >= 0.3 is 0 Å². The van der Waals surface area contributed by atoms with Crippen LogP contribution in [0.2, 0.25) is 0 Å². The highest BCUT2D eigenvalue weighted by Gasteiger charge is 2.18. The fourth-order valence-electron chi connectivity index (χ4n) is 2.70. The highest BCUT2D eigenvalue weighted by molar-refractivity contribution is 5.94. The van der Waals surface area contributed by atoms with Gasteiger partial charge in [0.05, 0.1) is 0 Å². The first-order chi connectivity index (χ1) is 11.6. The average molecular weight is 331 g/mol. The quantitative estimate of drug-likeness (QED) is 0.704. The first-order valence-electron chi connectivity index (χ1n) is 8.45. The zero-order valence-electron chi connectivity index (χ0n) is 14.1. The minimum absolute atomic E-state index is 0.0905.